The average molecular weight is 389 g/mol. The first-order chi connectivity index (χ1) is 13.5. The van der Waals surface area contributed by atoms with Gasteiger partial charge in [-0.3, -0.25) is 9.69 Å². The number of rotatable bonds is 8. The number of piperazine rings is 1. The highest BCUT2D eigenvalue weighted by Gasteiger charge is 2.41. The van der Waals surface area contributed by atoms with Gasteiger partial charge in [0.05, 0.1) is 0 Å². The Balaban J connectivity index is 1.49. The first-order valence-electron chi connectivity index (χ1n) is 10.7. The summed E-state index contributed by atoms with van der Waals surface area (Å²) in [5.41, 5.74) is 1.15. The molecule has 3 N–H and O–H groups in total. The third-order valence-corrected chi connectivity index (χ3v) is 5.96. The molecule has 0 spiro atoms. The Morgan fingerprint density at radius 2 is 1.89 bits per heavy atom. The number of carbonyl (C=O) groups is 1. The van der Waals surface area contributed by atoms with Crippen LogP contribution in [0.3, 0.4) is 0 Å². The van der Waals surface area contributed by atoms with Crippen LogP contribution in [-0.2, 0) is 11.3 Å². The maximum Gasteiger partial charge on any atom is 0.256 e. The molecular formula is C22H36N4O2. The molecule has 1 aromatic carbocycles. The van der Waals surface area contributed by atoms with Crippen LogP contribution >= 0.6 is 0 Å². The highest BCUT2D eigenvalue weighted by Crippen LogP contribution is 2.24. The molecule has 2 saturated heterocycles. The van der Waals surface area contributed by atoms with Gasteiger partial charge in [0.1, 0.15) is 0 Å². The molecule has 6 nitrogen and oxygen atoms in total. The Morgan fingerprint density at radius 1 is 1.18 bits per heavy atom. The number of hydrogen-bond acceptors (Lipinski definition) is 5. The highest BCUT2D eigenvalue weighted by molar-refractivity contribution is 5.86. The number of nitrogens with zero attached hydrogens (tertiary/aromatic N) is 2. The Morgan fingerprint density at radius 3 is 2.57 bits per heavy atom. The number of aliphatic hydroxyl groups is 1. The summed E-state index contributed by atoms with van der Waals surface area (Å²) in [6.45, 7) is 11.9. The first kappa shape index (κ1) is 21.2. The third-order valence-electron chi connectivity index (χ3n) is 5.96. The molecule has 28 heavy (non-hydrogen) atoms. The zero-order valence-corrected chi connectivity index (χ0v) is 17.4. The van der Waals surface area contributed by atoms with E-state index in [1.54, 1.807) is 0 Å². The van der Waals surface area contributed by atoms with Crippen LogP contribution in [0.25, 0.3) is 0 Å². The fourth-order valence-electron chi connectivity index (χ4n) is 4.08. The van der Waals surface area contributed by atoms with Crippen LogP contribution in [0.5, 0.6) is 0 Å². The maximum atomic E-state index is 12.9. The first-order valence-corrected chi connectivity index (χ1v) is 10.7. The van der Waals surface area contributed by atoms with Crippen molar-refractivity contribution < 1.29 is 9.90 Å². The second-order valence-corrected chi connectivity index (χ2v) is 8.53. The average Bonchev–Trinajstić information content (AvgIpc) is 2.70. The predicted octanol–water partition coefficient (Wildman–Crippen LogP) is 1.16. The van der Waals surface area contributed by atoms with E-state index in [4.69, 9.17) is 0 Å². The quantitative estimate of drug-likeness (QED) is 0.583. The summed E-state index contributed by atoms with van der Waals surface area (Å²) in [7, 11) is 0. The molecule has 0 saturated carbocycles. The molecule has 156 valence electrons. The zero-order valence-electron chi connectivity index (χ0n) is 17.4. The molecule has 2 aliphatic rings. The molecule has 1 aromatic rings. The molecule has 1 amide bonds. The van der Waals surface area contributed by atoms with Gasteiger partial charge in [-0.1, -0.05) is 38.1 Å². The van der Waals surface area contributed by atoms with Crippen molar-refractivity contribution in [2.24, 2.45) is 0 Å². The second-order valence-electron chi connectivity index (χ2n) is 8.53. The largest absolute Gasteiger partial charge is 0.379 e. The highest BCUT2D eigenvalue weighted by atomic mass is 16.3. The van der Waals surface area contributed by atoms with Crippen molar-refractivity contribution in [1.82, 2.24) is 20.4 Å². The fraction of sp³-hybridized carbons (Fsp3) is 0.682. The molecule has 0 aromatic heterocycles. The predicted molar refractivity (Wildman–Crippen MR) is 112 cm³/mol. The van der Waals surface area contributed by atoms with Crippen molar-refractivity contribution in [2.75, 3.05) is 52.4 Å². The van der Waals surface area contributed by atoms with Gasteiger partial charge in [0.25, 0.3) is 5.91 Å². The molecule has 0 unspecified atom stereocenters. The molecule has 0 radical (unpaired) electrons. The van der Waals surface area contributed by atoms with E-state index < -0.39 is 5.60 Å². The lowest BCUT2D eigenvalue weighted by Crippen LogP contribution is -2.58. The molecule has 2 heterocycles. The van der Waals surface area contributed by atoms with Gasteiger partial charge in [-0.05, 0) is 29.9 Å². The van der Waals surface area contributed by atoms with Crippen LogP contribution < -0.4 is 10.6 Å². The van der Waals surface area contributed by atoms with Crippen molar-refractivity contribution in [2.45, 2.75) is 44.8 Å². The molecule has 3 rings (SSSR count). The van der Waals surface area contributed by atoms with Crippen LogP contribution in [0.1, 0.15) is 43.7 Å². The molecule has 0 bridgehead atoms. The lowest BCUT2D eigenvalue weighted by molar-refractivity contribution is -0.157. The number of carbonyl (C=O) groups excluding carboxylic acids is 1. The minimum absolute atomic E-state index is 0.138. The van der Waals surface area contributed by atoms with Gasteiger partial charge in [-0.15, -0.1) is 0 Å². The Labute approximate surface area is 169 Å². The van der Waals surface area contributed by atoms with Gasteiger partial charge in [0, 0.05) is 58.9 Å². The van der Waals surface area contributed by atoms with E-state index in [0.29, 0.717) is 32.0 Å². The van der Waals surface area contributed by atoms with Gasteiger partial charge in [-0.2, -0.15) is 0 Å². The van der Waals surface area contributed by atoms with Crippen LogP contribution in [0.4, 0.5) is 0 Å². The summed E-state index contributed by atoms with van der Waals surface area (Å²) in [4.78, 5) is 17.2. The summed E-state index contributed by atoms with van der Waals surface area (Å²) in [5.74, 6) is 0.365. The molecule has 2 fully saturated rings. The molecule has 1 atom stereocenters. The van der Waals surface area contributed by atoms with E-state index in [2.05, 4.69) is 53.6 Å². The van der Waals surface area contributed by atoms with E-state index in [1.165, 1.54) is 5.56 Å². The van der Waals surface area contributed by atoms with E-state index in [9.17, 15) is 9.90 Å². The zero-order chi connectivity index (χ0) is 20.0. The van der Waals surface area contributed by atoms with E-state index in [0.717, 1.165) is 51.3 Å². The van der Waals surface area contributed by atoms with Crippen molar-refractivity contribution in [1.29, 1.82) is 0 Å². The lowest BCUT2D eigenvalue weighted by Gasteiger charge is -2.38. The molecule has 0 aliphatic carbocycles. The number of hydrogen-bond donors (Lipinski definition) is 3. The van der Waals surface area contributed by atoms with Crippen LogP contribution in [-0.4, -0.2) is 78.8 Å². The van der Waals surface area contributed by atoms with Crippen LogP contribution in [0.15, 0.2) is 24.3 Å². The minimum atomic E-state index is -1.28. The topological polar surface area (TPSA) is 67.8 Å². The molecule has 6 heteroatoms. The third kappa shape index (κ3) is 5.54. The summed E-state index contributed by atoms with van der Waals surface area (Å²) < 4.78 is 0. The number of benzene rings is 1. The van der Waals surface area contributed by atoms with Crippen LogP contribution in [0, 0.1) is 0 Å². The van der Waals surface area contributed by atoms with Crippen molar-refractivity contribution in [3.63, 3.8) is 0 Å². The van der Waals surface area contributed by atoms with E-state index >= 15 is 0 Å². The molecular weight excluding hydrogens is 352 g/mol. The van der Waals surface area contributed by atoms with Crippen molar-refractivity contribution in [3.8, 4) is 0 Å². The number of piperidine rings is 1. The fourth-order valence-corrected chi connectivity index (χ4v) is 4.08. The number of amides is 1. The van der Waals surface area contributed by atoms with Crippen molar-refractivity contribution in [3.05, 3.63) is 35.4 Å². The number of likely N-dealkylation sites (tertiary alicyclic amines) is 1. The number of nitrogens with one attached hydrogen (secondary N) is 2. The Hall–Kier alpha value is -1.47. The minimum Gasteiger partial charge on any atom is -0.379 e. The monoisotopic (exact) mass is 388 g/mol. The van der Waals surface area contributed by atoms with Gasteiger partial charge < -0.3 is 20.6 Å². The summed E-state index contributed by atoms with van der Waals surface area (Å²) in [6, 6.07) is 8.47. The SMILES string of the molecule is CC(C)c1ccc(CN2CCC[C@@](O)(CNCCN3CCNCC3)C2=O)cc1. The van der Waals surface area contributed by atoms with E-state index in [1.807, 2.05) is 4.90 Å². The van der Waals surface area contributed by atoms with E-state index in [-0.39, 0.29) is 5.91 Å². The standard InChI is InChI=1S/C22H36N4O2/c1-18(2)20-6-4-19(5-7-20)16-26-12-3-8-22(28,21(26)27)17-24-11-15-25-13-9-23-10-14-25/h4-7,18,23-24,28H,3,8-17H2,1-2H3/t22-/m1/s1. The van der Waals surface area contributed by atoms with Gasteiger partial charge in [0.2, 0.25) is 0 Å². The lowest BCUT2D eigenvalue weighted by atomic mass is 9.91. The van der Waals surface area contributed by atoms with Gasteiger partial charge >= 0.3 is 0 Å². The van der Waals surface area contributed by atoms with Gasteiger partial charge in [0.15, 0.2) is 5.60 Å². The van der Waals surface area contributed by atoms with Gasteiger partial charge in [-0.25, -0.2) is 0 Å². The second kappa shape index (κ2) is 9.83. The normalized spacial score (nSPS) is 24.1. The smallest absolute Gasteiger partial charge is 0.256 e. The maximum absolute atomic E-state index is 12.9. The van der Waals surface area contributed by atoms with Crippen LogP contribution in [0.2, 0.25) is 0 Å². The Bertz CT molecular complexity index is 628. The van der Waals surface area contributed by atoms with Crippen molar-refractivity contribution >= 4 is 5.91 Å². The summed E-state index contributed by atoms with van der Waals surface area (Å²) >= 11 is 0. The summed E-state index contributed by atoms with van der Waals surface area (Å²) in [5, 5.41) is 17.6. The summed E-state index contributed by atoms with van der Waals surface area (Å²) in [6.07, 6.45) is 1.38. The Kier molecular flexibility index (Phi) is 7.46. The molecule has 2 aliphatic heterocycles.